The standard InChI is InChI=1S/C26H37N3O6S/c1-15-5-7-16(8-6-15)23(31)29(19-12-20(26(2,3)4)36-22(19)24(32)33)17-9-10-28(14-17)25(34)35-18-11-21(30)27-13-18/h12,15-18H,5-11,13-14H2,1-4H3,(H,27,30)(H,32,33)/t15-,16-,17-,18-/m0/s1. The lowest BCUT2D eigenvalue weighted by Gasteiger charge is -2.34. The number of thiophene rings is 1. The lowest BCUT2D eigenvalue weighted by molar-refractivity contribution is -0.124. The third-order valence-electron chi connectivity index (χ3n) is 7.50. The molecule has 36 heavy (non-hydrogen) atoms. The Kier molecular flexibility index (Phi) is 7.64. The van der Waals surface area contributed by atoms with Gasteiger partial charge in [0.15, 0.2) is 0 Å². The molecule has 1 aromatic heterocycles. The number of hydrogen-bond donors (Lipinski definition) is 2. The van der Waals surface area contributed by atoms with Crippen LogP contribution >= 0.6 is 11.3 Å². The number of rotatable bonds is 5. The second-order valence-electron chi connectivity index (χ2n) is 11.4. The molecule has 1 aliphatic carbocycles. The summed E-state index contributed by atoms with van der Waals surface area (Å²) in [6.07, 6.45) is 3.22. The van der Waals surface area contributed by atoms with E-state index in [-0.39, 0.29) is 47.0 Å². The number of likely N-dealkylation sites (tertiary alicyclic amines) is 1. The van der Waals surface area contributed by atoms with Gasteiger partial charge in [-0.25, -0.2) is 9.59 Å². The number of aromatic carboxylic acids is 1. The van der Waals surface area contributed by atoms with Crippen LogP contribution in [0, 0.1) is 11.8 Å². The molecule has 3 fully saturated rings. The molecule has 0 bridgehead atoms. The van der Waals surface area contributed by atoms with Gasteiger partial charge in [0.25, 0.3) is 0 Å². The highest BCUT2D eigenvalue weighted by atomic mass is 32.1. The summed E-state index contributed by atoms with van der Waals surface area (Å²) < 4.78 is 5.51. The molecule has 1 saturated carbocycles. The van der Waals surface area contributed by atoms with E-state index in [1.165, 1.54) is 11.3 Å². The first-order valence-electron chi connectivity index (χ1n) is 12.9. The number of nitrogens with one attached hydrogen (secondary N) is 1. The molecule has 198 valence electrons. The first kappa shape index (κ1) is 26.4. The lowest BCUT2D eigenvalue weighted by Crippen LogP contribution is -2.47. The molecular formula is C26H37N3O6S. The van der Waals surface area contributed by atoms with Crippen molar-refractivity contribution in [1.29, 1.82) is 0 Å². The van der Waals surface area contributed by atoms with Crippen LogP contribution in [0.5, 0.6) is 0 Å². The van der Waals surface area contributed by atoms with Crippen molar-refractivity contribution in [3.05, 3.63) is 15.8 Å². The minimum Gasteiger partial charge on any atom is -0.477 e. The number of hydrogen-bond acceptors (Lipinski definition) is 6. The Hall–Kier alpha value is -2.62. The highest BCUT2D eigenvalue weighted by Gasteiger charge is 2.41. The third kappa shape index (κ3) is 5.68. The van der Waals surface area contributed by atoms with Crippen LogP contribution in [0.1, 0.15) is 80.8 Å². The number of carboxylic acids is 1. The normalized spacial score (nSPS) is 26.6. The Bertz CT molecular complexity index is 1020. The van der Waals surface area contributed by atoms with Gasteiger partial charge in [-0.1, -0.05) is 27.7 Å². The quantitative estimate of drug-likeness (QED) is 0.607. The summed E-state index contributed by atoms with van der Waals surface area (Å²) in [6.45, 7) is 9.25. The van der Waals surface area contributed by atoms with Crippen LogP contribution in [0.4, 0.5) is 10.5 Å². The zero-order chi connectivity index (χ0) is 26.2. The van der Waals surface area contributed by atoms with Crippen LogP contribution in [-0.2, 0) is 19.7 Å². The van der Waals surface area contributed by atoms with Crippen molar-refractivity contribution in [1.82, 2.24) is 10.2 Å². The van der Waals surface area contributed by atoms with Crippen LogP contribution in [0.15, 0.2) is 6.07 Å². The zero-order valence-electron chi connectivity index (χ0n) is 21.5. The summed E-state index contributed by atoms with van der Waals surface area (Å²) in [7, 11) is 0. The van der Waals surface area contributed by atoms with Gasteiger partial charge in [0.05, 0.1) is 24.7 Å². The average Bonchev–Trinajstić information content (AvgIpc) is 3.54. The van der Waals surface area contributed by atoms with Gasteiger partial charge < -0.3 is 25.0 Å². The topological polar surface area (TPSA) is 116 Å². The number of carboxylic acid groups (broad SMARTS) is 1. The molecule has 0 aromatic carbocycles. The van der Waals surface area contributed by atoms with Crippen molar-refractivity contribution >= 4 is 40.9 Å². The lowest BCUT2D eigenvalue weighted by atomic mass is 9.82. The largest absolute Gasteiger partial charge is 0.477 e. The van der Waals surface area contributed by atoms with Crippen molar-refractivity contribution in [3.63, 3.8) is 0 Å². The SMILES string of the molecule is CC(C)(C)c1cc(N(C(=O)[C@H]2CC[C@H](C)CC2)[C@H]2CCN(C(=O)O[C@@H]3CNC(=O)C3)C2)c(C(=O)O)s1. The molecule has 3 amide bonds. The minimum atomic E-state index is -1.05. The van der Waals surface area contributed by atoms with Crippen molar-refractivity contribution in [2.75, 3.05) is 24.5 Å². The van der Waals surface area contributed by atoms with Crippen molar-refractivity contribution < 1.29 is 29.0 Å². The van der Waals surface area contributed by atoms with Gasteiger partial charge in [-0.05, 0) is 49.5 Å². The van der Waals surface area contributed by atoms with Crippen molar-refractivity contribution in [2.24, 2.45) is 11.8 Å². The van der Waals surface area contributed by atoms with Gasteiger partial charge in [-0.2, -0.15) is 0 Å². The second-order valence-corrected chi connectivity index (χ2v) is 12.5. The first-order valence-corrected chi connectivity index (χ1v) is 13.7. The number of ether oxygens (including phenoxy) is 1. The maximum atomic E-state index is 14.0. The molecule has 3 aliphatic rings. The van der Waals surface area contributed by atoms with Crippen LogP contribution < -0.4 is 10.2 Å². The summed E-state index contributed by atoms with van der Waals surface area (Å²) in [6, 6.07) is 1.52. The molecule has 3 heterocycles. The third-order valence-corrected chi connectivity index (χ3v) is 9.04. The maximum absolute atomic E-state index is 14.0. The van der Waals surface area contributed by atoms with Gasteiger partial charge >= 0.3 is 12.1 Å². The summed E-state index contributed by atoms with van der Waals surface area (Å²) in [4.78, 5) is 54.8. The molecule has 2 saturated heterocycles. The molecule has 10 heteroatoms. The Labute approximate surface area is 216 Å². The van der Waals surface area contributed by atoms with Crippen molar-refractivity contribution in [2.45, 2.75) is 83.8 Å². The number of carbonyl (C=O) groups excluding carboxylic acids is 3. The van der Waals surface area contributed by atoms with E-state index in [0.717, 1.165) is 30.6 Å². The van der Waals surface area contributed by atoms with E-state index in [4.69, 9.17) is 4.74 Å². The van der Waals surface area contributed by atoms with E-state index in [2.05, 4.69) is 12.2 Å². The van der Waals surface area contributed by atoms with Gasteiger partial charge in [0.1, 0.15) is 11.0 Å². The van der Waals surface area contributed by atoms with Gasteiger partial charge in [0.2, 0.25) is 11.8 Å². The molecular weight excluding hydrogens is 482 g/mol. The van der Waals surface area contributed by atoms with E-state index in [1.807, 2.05) is 26.8 Å². The number of amides is 3. The van der Waals surface area contributed by atoms with Crippen molar-refractivity contribution in [3.8, 4) is 0 Å². The fourth-order valence-corrected chi connectivity index (χ4v) is 6.33. The van der Waals surface area contributed by atoms with E-state index < -0.39 is 18.2 Å². The Morgan fingerprint density at radius 2 is 1.86 bits per heavy atom. The average molecular weight is 520 g/mol. The summed E-state index contributed by atoms with van der Waals surface area (Å²) in [5.41, 5.74) is 0.173. The first-order chi connectivity index (χ1) is 16.9. The summed E-state index contributed by atoms with van der Waals surface area (Å²) in [5, 5.41) is 12.7. The molecule has 0 radical (unpaired) electrons. The summed E-state index contributed by atoms with van der Waals surface area (Å²) in [5.74, 6) is -0.808. The number of anilines is 1. The van der Waals surface area contributed by atoms with Crippen LogP contribution in [0.25, 0.3) is 0 Å². The molecule has 2 aliphatic heterocycles. The van der Waals surface area contributed by atoms with Crippen LogP contribution in [-0.4, -0.2) is 65.7 Å². The molecule has 1 aromatic rings. The highest BCUT2D eigenvalue weighted by molar-refractivity contribution is 7.14. The van der Waals surface area contributed by atoms with Gasteiger partial charge in [-0.15, -0.1) is 11.3 Å². The zero-order valence-corrected chi connectivity index (χ0v) is 22.4. The Morgan fingerprint density at radius 3 is 2.44 bits per heavy atom. The predicted molar refractivity (Wildman–Crippen MR) is 136 cm³/mol. The molecule has 2 atom stereocenters. The Balaban J connectivity index is 1.60. The number of carbonyl (C=O) groups is 4. The van der Waals surface area contributed by atoms with Gasteiger partial charge in [0, 0.05) is 23.9 Å². The van der Waals surface area contributed by atoms with Gasteiger partial charge in [-0.3, -0.25) is 9.59 Å². The maximum Gasteiger partial charge on any atom is 0.410 e. The molecule has 4 rings (SSSR count). The molecule has 2 N–H and O–H groups in total. The van der Waals surface area contributed by atoms with E-state index in [1.54, 1.807) is 9.80 Å². The Morgan fingerprint density at radius 1 is 1.17 bits per heavy atom. The fourth-order valence-electron chi connectivity index (χ4n) is 5.28. The second kappa shape index (κ2) is 10.4. The fraction of sp³-hybridized carbons (Fsp3) is 0.692. The molecule has 9 nitrogen and oxygen atoms in total. The summed E-state index contributed by atoms with van der Waals surface area (Å²) >= 11 is 1.22. The van der Waals surface area contributed by atoms with E-state index in [9.17, 15) is 24.3 Å². The van der Waals surface area contributed by atoms with E-state index >= 15 is 0 Å². The molecule has 0 unspecified atom stereocenters. The number of nitrogens with zero attached hydrogens (tertiary/aromatic N) is 2. The van der Waals surface area contributed by atoms with Crippen LogP contribution in [0.2, 0.25) is 0 Å². The predicted octanol–water partition coefficient (Wildman–Crippen LogP) is 4.00. The monoisotopic (exact) mass is 519 g/mol. The smallest absolute Gasteiger partial charge is 0.410 e. The molecule has 0 spiro atoms. The minimum absolute atomic E-state index is 0.0477. The van der Waals surface area contributed by atoms with Crippen LogP contribution in [0.3, 0.4) is 0 Å². The highest BCUT2D eigenvalue weighted by Crippen LogP contribution is 2.41. The van der Waals surface area contributed by atoms with E-state index in [0.29, 0.717) is 31.1 Å².